The Labute approximate surface area is 118 Å². The van der Waals surface area contributed by atoms with E-state index in [-0.39, 0.29) is 13.2 Å². The third-order valence-electron chi connectivity index (χ3n) is 3.82. The average Bonchev–Trinajstić information content (AvgIpc) is 2.48. The van der Waals surface area contributed by atoms with Crippen LogP contribution in [0.25, 0.3) is 21.5 Å². The molecule has 0 aliphatic rings. The molecule has 0 radical (unpaired) electrons. The van der Waals surface area contributed by atoms with Gasteiger partial charge in [0.15, 0.2) is 0 Å². The highest BCUT2D eigenvalue weighted by molar-refractivity contribution is 6.08. The maximum Gasteiger partial charge on any atom is 0.0471 e. The lowest BCUT2D eigenvalue weighted by Crippen LogP contribution is -1.93. The molecule has 0 aliphatic carbocycles. The van der Waals surface area contributed by atoms with E-state index in [0.29, 0.717) is 12.8 Å². The molecule has 2 nitrogen and oxygen atoms in total. The first-order chi connectivity index (χ1) is 9.83. The van der Waals surface area contributed by atoms with Gasteiger partial charge in [-0.1, -0.05) is 48.5 Å². The van der Waals surface area contributed by atoms with Crippen LogP contribution >= 0.6 is 0 Å². The van der Waals surface area contributed by atoms with Crippen LogP contribution in [-0.2, 0) is 12.8 Å². The quantitative estimate of drug-likeness (QED) is 0.712. The van der Waals surface area contributed by atoms with Crippen molar-refractivity contribution in [3.63, 3.8) is 0 Å². The molecule has 0 unspecified atom stereocenters. The van der Waals surface area contributed by atoms with E-state index in [9.17, 15) is 5.11 Å². The molecule has 0 aliphatic heterocycles. The summed E-state index contributed by atoms with van der Waals surface area (Å²) in [4.78, 5) is 0. The zero-order valence-corrected chi connectivity index (χ0v) is 11.3. The number of hydrogen-bond donors (Lipinski definition) is 2. The van der Waals surface area contributed by atoms with Crippen LogP contribution in [0.15, 0.2) is 48.5 Å². The molecule has 0 saturated carbocycles. The molecule has 0 amide bonds. The molecule has 0 saturated heterocycles. The molecular weight excluding hydrogens is 248 g/mol. The van der Waals surface area contributed by atoms with E-state index in [4.69, 9.17) is 5.11 Å². The van der Waals surface area contributed by atoms with Crippen LogP contribution in [0.4, 0.5) is 0 Å². The Morgan fingerprint density at radius 3 is 2.30 bits per heavy atom. The predicted octanol–water partition coefficient (Wildman–Crippen LogP) is 3.06. The van der Waals surface area contributed by atoms with Crippen LogP contribution < -0.4 is 0 Å². The lowest BCUT2D eigenvalue weighted by molar-refractivity contribution is 0.299. The van der Waals surface area contributed by atoms with Gasteiger partial charge in [-0.15, -0.1) is 0 Å². The van der Waals surface area contributed by atoms with Gasteiger partial charge in [0.05, 0.1) is 0 Å². The molecule has 3 rings (SSSR count). The highest BCUT2D eigenvalue weighted by atomic mass is 16.3. The summed E-state index contributed by atoms with van der Waals surface area (Å²) in [5, 5.41) is 23.1. The average molecular weight is 266 g/mol. The van der Waals surface area contributed by atoms with Gasteiger partial charge in [-0.3, -0.25) is 0 Å². The van der Waals surface area contributed by atoms with E-state index >= 15 is 0 Å². The van der Waals surface area contributed by atoms with Crippen LogP contribution in [0.5, 0.6) is 0 Å². The van der Waals surface area contributed by atoms with Crippen molar-refractivity contribution in [3.8, 4) is 0 Å². The standard InChI is InChI=1S/C18H18O2/c19-10-8-13-4-5-15-6-7-16-14(9-11-20)2-1-3-17(16)18(15)12-13/h1-7,12,19-20H,8-11H2. The van der Waals surface area contributed by atoms with Crippen molar-refractivity contribution in [1.82, 2.24) is 0 Å². The SMILES string of the molecule is OCCc1ccc2ccc3c(CCO)cccc3c2c1. The summed E-state index contributed by atoms with van der Waals surface area (Å²) in [6, 6.07) is 16.8. The van der Waals surface area contributed by atoms with Crippen molar-refractivity contribution in [2.45, 2.75) is 12.8 Å². The monoisotopic (exact) mass is 266 g/mol. The van der Waals surface area contributed by atoms with Gasteiger partial charge in [0.2, 0.25) is 0 Å². The van der Waals surface area contributed by atoms with Gasteiger partial charge in [-0.2, -0.15) is 0 Å². The van der Waals surface area contributed by atoms with Crippen molar-refractivity contribution < 1.29 is 10.2 Å². The molecule has 2 N–H and O–H groups in total. The van der Waals surface area contributed by atoms with Crippen molar-refractivity contribution in [1.29, 1.82) is 0 Å². The first kappa shape index (κ1) is 13.1. The molecule has 0 fully saturated rings. The topological polar surface area (TPSA) is 40.5 Å². The summed E-state index contributed by atoms with van der Waals surface area (Å²) >= 11 is 0. The molecule has 20 heavy (non-hydrogen) atoms. The van der Waals surface area contributed by atoms with E-state index in [0.717, 1.165) is 5.56 Å². The van der Waals surface area contributed by atoms with Crippen LogP contribution in [0.3, 0.4) is 0 Å². The van der Waals surface area contributed by atoms with Crippen molar-refractivity contribution >= 4 is 21.5 Å². The maximum absolute atomic E-state index is 9.18. The van der Waals surface area contributed by atoms with Gasteiger partial charge in [0.25, 0.3) is 0 Å². The number of hydrogen-bond acceptors (Lipinski definition) is 2. The van der Waals surface area contributed by atoms with Crippen LogP contribution in [0.1, 0.15) is 11.1 Å². The van der Waals surface area contributed by atoms with Gasteiger partial charge < -0.3 is 10.2 Å². The number of fused-ring (bicyclic) bond motifs is 3. The Balaban J connectivity index is 2.27. The molecule has 3 aromatic rings. The molecule has 0 aromatic heterocycles. The number of aliphatic hydroxyl groups excluding tert-OH is 2. The fourth-order valence-electron chi connectivity index (χ4n) is 2.82. The molecular formula is C18H18O2. The first-order valence-corrected chi connectivity index (χ1v) is 6.98. The summed E-state index contributed by atoms with van der Waals surface area (Å²) in [6.07, 6.45) is 1.36. The summed E-state index contributed by atoms with van der Waals surface area (Å²) in [5.74, 6) is 0. The summed E-state index contributed by atoms with van der Waals surface area (Å²) in [5.41, 5.74) is 2.33. The molecule has 3 aromatic carbocycles. The van der Waals surface area contributed by atoms with Crippen molar-refractivity contribution in [2.75, 3.05) is 13.2 Å². The third kappa shape index (κ3) is 2.28. The summed E-state index contributed by atoms with van der Waals surface area (Å²) in [6.45, 7) is 0.341. The summed E-state index contributed by atoms with van der Waals surface area (Å²) in [7, 11) is 0. The van der Waals surface area contributed by atoms with E-state index in [2.05, 4.69) is 42.5 Å². The van der Waals surface area contributed by atoms with Gasteiger partial charge in [-0.25, -0.2) is 0 Å². The second-order valence-corrected chi connectivity index (χ2v) is 5.08. The number of aliphatic hydroxyl groups is 2. The van der Waals surface area contributed by atoms with Crippen LogP contribution in [0, 0.1) is 0 Å². The highest BCUT2D eigenvalue weighted by Crippen LogP contribution is 2.28. The molecule has 0 heterocycles. The normalized spacial score (nSPS) is 11.3. The number of benzene rings is 3. The van der Waals surface area contributed by atoms with Crippen LogP contribution in [0.2, 0.25) is 0 Å². The van der Waals surface area contributed by atoms with Gasteiger partial charge in [0.1, 0.15) is 0 Å². The highest BCUT2D eigenvalue weighted by Gasteiger charge is 2.05. The fraction of sp³-hybridized carbons (Fsp3) is 0.222. The second kappa shape index (κ2) is 5.61. The van der Waals surface area contributed by atoms with Crippen molar-refractivity contribution in [3.05, 3.63) is 59.7 Å². The smallest absolute Gasteiger partial charge is 0.0471 e. The minimum absolute atomic E-state index is 0.168. The number of rotatable bonds is 4. The predicted molar refractivity (Wildman–Crippen MR) is 83.0 cm³/mol. The fourth-order valence-corrected chi connectivity index (χ4v) is 2.82. The van der Waals surface area contributed by atoms with Gasteiger partial charge in [-0.05, 0) is 45.5 Å². The Morgan fingerprint density at radius 1 is 0.700 bits per heavy atom. The minimum atomic E-state index is 0.168. The Hall–Kier alpha value is -1.90. The zero-order chi connectivity index (χ0) is 13.9. The van der Waals surface area contributed by atoms with Crippen LogP contribution in [-0.4, -0.2) is 23.4 Å². The Kier molecular flexibility index (Phi) is 3.68. The van der Waals surface area contributed by atoms with Crippen molar-refractivity contribution in [2.24, 2.45) is 0 Å². The summed E-state index contributed by atoms with van der Waals surface area (Å²) < 4.78 is 0. The second-order valence-electron chi connectivity index (χ2n) is 5.08. The lowest BCUT2D eigenvalue weighted by Gasteiger charge is -2.09. The van der Waals surface area contributed by atoms with E-state index < -0.39 is 0 Å². The maximum atomic E-state index is 9.18. The van der Waals surface area contributed by atoms with E-state index in [1.165, 1.54) is 27.1 Å². The van der Waals surface area contributed by atoms with Gasteiger partial charge >= 0.3 is 0 Å². The van der Waals surface area contributed by atoms with E-state index in [1.807, 2.05) is 6.07 Å². The Bertz CT molecular complexity index is 747. The molecule has 0 bridgehead atoms. The molecule has 0 atom stereocenters. The minimum Gasteiger partial charge on any atom is -0.396 e. The zero-order valence-electron chi connectivity index (χ0n) is 11.3. The molecule has 2 heteroatoms. The largest absolute Gasteiger partial charge is 0.396 e. The first-order valence-electron chi connectivity index (χ1n) is 6.98. The van der Waals surface area contributed by atoms with Gasteiger partial charge in [0, 0.05) is 13.2 Å². The Morgan fingerprint density at radius 2 is 1.50 bits per heavy atom. The lowest BCUT2D eigenvalue weighted by atomic mass is 9.95. The van der Waals surface area contributed by atoms with E-state index in [1.54, 1.807) is 0 Å². The third-order valence-corrected chi connectivity index (χ3v) is 3.82. The molecule has 0 spiro atoms. The molecule has 102 valence electrons.